The molecule has 0 aliphatic rings. The number of aliphatic hydroxyl groups is 1. The van der Waals surface area contributed by atoms with Gasteiger partial charge >= 0.3 is 0 Å². The maximum atomic E-state index is 9.61. The van der Waals surface area contributed by atoms with Crippen molar-refractivity contribution in [3.8, 4) is 6.07 Å². The Morgan fingerprint density at radius 1 is 1.29 bits per heavy atom. The molecule has 2 aromatic rings. The van der Waals surface area contributed by atoms with Gasteiger partial charge in [0, 0.05) is 18.1 Å². The zero-order valence-corrected chi connectivity index (χ0v) is 13.6. The summed E-state index contributed by atoms with van der Waals surface area (Å²) in [7, 11) is 2.00. The lowest BCUT2D eigenvalue weighted by molar-refractivity contribution is 0.199. The third-order valence-corrected chi connectivity index (χ3v) is 3.98. The lowest BCUT2D eigenvalue weighted by Gasteiger charge is -2.22. The van der Waals surface area contributed by atoms with Crippen molar-refractivity contribution in [1.82, 2.24) is 0 Å². The summed E-state index contributed by atoms with van der Waals surface area (Å²) >= 11 is 3.55. The molecule has 0 fully saturated rings. The van der Waals surface area contributed by atoms with Gasteiger partial charge < -0.3 is 10.0 Å². The zero-order chi connectivity index (χ0) is 15.4. The minimum Gasteiger partial charge on any atom is -0.389 e. The van der Waals surface area contributed by atoms with Crippen molar-refractivity contribution in [2.45, 2.75) is 19.6 Å². The molecule has 108 valence electrons. The van der Waals surface area contributed by atoms with E-state index < -0.39 is 6.10 Å². The summed E-state index contributed by atoms with van der Waals surface area (Å²) in [6.45, 7) is 2.46. The maximum absolute atomic E-state index is 9.61. The quantitative estimate of drug-likeness (QED) is 0.911. The van der Waals surface area contributed by atoms with E-state index in [2.05, 4.69) is 26.9 Å². The summed E-state index contributed by atoms with van der Waals surface area (Å²) in [4.78, 5) is 2.10. The van der Waals surface area contributed by atoms with Crippen molar-refractivity contribution in [1.29, 1.82) is 5.26 Å². The number of anilines is 1. The molecule has 0 amide bonds. The van der Waals surface area contributed by atoms with Crippen molar-refractivity contribution >= 4 is 21.6 Å². The van der Waals surface area contributed by atoms with Crippen molar-refractivity contribution in [3.05, 3.63) is 63.6 Å². The normalized spacial score (nSPS) is 11.8. The molecule has 0 heterocycles. The monoisotopic (exact) mass is 344 g/mol. The van der Waals surface area contributed by atoms with Gasteiger partial charge in [-0.2, -0.15) is 5.26 Å². The van der Waals surface area contributed by atoms with Crippen LogP contribution in [0.3, 0.4) is 0 Å². The van der Waals surface area contributed by atoms with Crippen molar-refractivity contribution in [2.75, 3.05) is 11.9 Å². The molecular weight excluding hydrogens is 328 g/mol. The molecule has 1 N–H and O–H groups in total. The van der Waals surface area contributed by atoms with Crippen LogP contribution < -0.4 is 4.90 Å². The molecule has 0 spiro atoms. The van der Waals surface area contributed by atoms with Crippen molar-refractivity contribution < 1.29 is 5.11 Å². The Labute approximate surface area is 133 Å². The van der Waals surface area contributed by atoms with Crippen LogP contribution in [0.25, 0.3) is 0 Å². The van der Waals surface area contributed by atoms with Crippen LogP contribution in [-0.4, -0.2) is 12.2 Å². The highest BCUT2D eigenvalue weighted by Crippen LogP contribution is 2.29. The summed E-state index contributed by atoms with van der Waals surface area (Å²) in [6.07, 6.45) is -0.479. The van der Waals surface area contributed by atoms with Crippen molar-refractivity contribution in [2.24, 2.45) is 0 Å². The van der Waals surface area contributed by atoms with E-state index >= 15 is 0 Å². The van der Waals surface area contributed by atoms with E-state index in [1.54, 1.807) is 13.0 Å². The molecule has 1 atom stereocenters. The largest absolute Gasteiger partial charge is 0.389 e. The van der Waals surface area contributed by atoms with Gasteiger partial charge in [0.1, 0.15) is 0 Å². The number of aliphatic hydroxyl groups excluding tert-OH is 1. The van der Waals surface area contributed by atoms with E-state index in [1.807, 2.05) is 43.4 Å². The Morgan fingerprint density at radius 2 is 2.05 bits per heavy atom. The molecule has 0 aliphatic carbocycles. The van der Waals surface area contributed by atoms with Crippen LogP contribution in [-0.2, 0) is 6.54 Å². The van der Waals surface area contributed by atoms with Gasteiger partial charge in [-0.1, -0.05) is 18.2 Å². The third-order valence-electron chi connectivity index (χ3n) is 3.34. The van der Waals surface area contributed by atoms with Crippen LogP contribution in [0.4, 0.5) is 5.69 Å². The Kier molecular flexibility index (Phi) is 5.00. The fraction of sp³-hybridized carbons (Fsp3) is 0.235. The van der Waals surface area contributed by atoms with E-state index in [0.717, 1.165) is 21.3 Å². The first-order valence-corrected chi connectivity index (χ1v) is 7.48. The van der Waals surface area contributed by atoms with Crippen LogP contribution in [0.1, 0.15) is 29.7 Å². The predicted molar refractivity (Wildman–Crippen MR) is 88.0 cm³/mol. The Balaban J connectivity index is 2.20. The van der Waals surface area contributed by atoms with Crippen LogP contribution in [0.15, 0.2) is 46.9 Å². The second-order valence-corrected chi connectivity index (χ2v) is 5.91. The molecule has 0 aromatic heterocycles. The molecule has 0 bridgehead atoms. The fourth-order valence-electron chi connectivity index (χ4n) is 2.19. The van der Waals surface area contributed by atoms with Crippen LogP contribution in [0.2, 0.25) is 0 Å². The lowest BCUT2D eigenvalue weighted by atomic mass is 10.1. The van der Waals surface area contributed by atoms with Gasteiger partial charge in [-0.15, -0.1) is 0 Å². The molecule has 4 heteroatoms. The summed E-state index contributed by atoms with van der Waals surface area (Å²) < 4.78 is 0.944. The van der Waals surface area contributed by atoms with E-state index in [4.69, 9.17) is 5.26 Å². The van der Waals surface area contributed by atoms with Crippen molar-refractivity contribution in [3.63, 3.8) is 0 Å². The third kappa shape index (κ3) is 3.84. The highest BCUT2D eigenvalue weighted by atomic mass is 79.9. The van der Waals surface area contributed by atoms with E-state index in [1.165, 1.54) is 0 Å². The minimum absolute atomic E-state index is 0.479. The molecule has 0 unspecified atom stereocenters. The molecule has 0 aliphatic heterocycles. The SMILES string of the molecule is C[C@H](O)c1ccc(N(C)Cc2cccc(C#N)c2)c(Br)c1. The highest BCUT2D eigenvalue weighted by molar-refractivity contribution is 9.10. The molecule has 0 saturated heterocycles. The number of rotatable bonds is 4. The summed E-state index contributed by atoms with van der Waals surface area (Å²) in [5.41, 5.74) is 3.68. The summed E-state index contributed by atoms with van der Waals surface area (Å²) in [5, 5.41) is 18.6. The van der Waals surface area contributed by atoms with Gasteiger partial charge in [-0.05, 0) is 58.2 Å². The highest BCUT2D eigenvalue weighted by Gasteiger charge is 2.09. The summed E-state index contributed by atoms with van der Waals surface area (Å²) in [6, 6.07) is 15.6. The number of hydrogen-bond acceptors (Lipinski definition) is 3. The average Bonchev–Trinajstić information content (AvgIpc) is 2.47. The van der Waals surface area contributed by atoms with E-state index in [9.17, 15) is 5.11 Å². The number of hydrogen-bond donors (Lipinski definition) is 1. The van der Waals surface area contributed by atoms with Gasteiger partial charge in [0.2, 0.25) is 0 Å². The van der Waals surface area contributed by atoms with Gasteiger partial charge in [-0.25, -0.2) is 0 Å². The van der Waals surface area contributed by atoms with Crippen LogP contribution >= 0.6 is 15.9 Å². The van der Waals surface area contributed by atoms with Crippen LogP contribution in [0.5, 0.6) is 0 Å². The second kappa shape index (κ2) is 6.75. The van der Waals surface area contributed by atoms with Gasteiger partial charge in [0.05, 0.1) is 23.4 Å². The number of nitriles is 1. The number of nitrogens with zero attached hydrogens (tertiary/aromatic N) is 2. The van der Waals surface area contributed by atoms with E-state index in [0.29, 0.717) is 12.1 Å². The fourth-order valence-corrected chi connectivity index (χ4v) is 2.89. The van der Waals surface area contributed by atoms with Gasteiger partial charge in [0.25, 0.3) is 0 Å². The molecule has 2 aromatic carbocycles. The smallest absolute Gasteiger partial charge is 0.0991 e. The first kappa shape index (κ1) is 15.6. The number of benzene rings is 2. The molecule has 2 rings (SSSR count). The Morgan fingerprint density at radius 3 is 2.67 bits per heavy atom. The standard InChI is InChI=1S/C17H17BrN2O/c1-12(21)15-6-7-17(16(18)9-15)20(2)11-14-5-3-4-13(8-14)10-19/h3-9,12,21H,11H2,1-2H3/t12-/m0/s1. The van der Waals surface area contributed by atoms with E-state index in [-0.39, 0.29) is 0 Å². The predicted octanol–water partition coefficient (Wildman–Crippen LogP) is 4.01. The van der Waals surface area contributed by atoms with Gasteiger partial charge in [-0.3, -0.25) is 0 Å². The topological polar surface area (TPSA) is 47.3 Å². The number of halogens is 1. The molecule has 0 radical (unpaired) electrons. The summed E-state index contributed by atoms with van der Waals surface area (Å²) in [5.74, 6) is 0. The maximum Gasteiger partial charge on any atom is 0.0991 e. The Bertz CT molecular complexity index is 677. The Hall–Kier alpha value is -1.83. The first-order chi connectivity index (χ1) is 10.0. The first-order valence-electron chi connectivity index (χ1n) is 6.69. The second-order valence-electron chi connectivity index (χ2n) is 5.06. The minimum atomic E-state index is -0.479. The molecule has 21 heavy (non-hydrogen) atoms. The lowest BCUT2D eigenvalue weighted by Crippen LogP contribution is -2.17. The molecule has 0 saturated carbocycles. The molecule has 3 nitrogen and oxygen atoms in total. The van der Waals surface area contributed by atoms with Gasteiger partial charge in [0.15, 0.2) is 0 Å². The average molecular weight is 345 g/mol. The molecular formula is C17H17BrN2O. The zero-order valence-electron chi connectivity index (χ0n) is 12.0. The van der Waals surface area contributed by atoms with Crippen LogP contribution in [0, 0.1) is 11.3 Å².